The molecule has 0 saturated carbocycles. The van der Waals surface area contributed by atoms with Crippen molar-refractivity contribution in [1.82, 2.24) is 0 Å². The fraction of sp³-hybridized carbons (Fsp3) is 1.00. The molecule has 0 N–H and O–H groups in total. The van der Waals surface area contributed by atoms with Crippen molar-refractivity contribution in [3.05, 3.63) is 0 Å². The standard InChI is InChI=1S/C7H16.3ClH.H3P/c1-3-5-7-6-4-2;;;;/h3-7H2,1-2H3;3*1H;1H3. The first-order valence-corrected chi connectivity index (χ1v) is 3.41. The zero-order chi connectivity index (χ0) is 5.54. The van der Waals surface area contributed by atoms with Crippen molar-refractivity contribution in [2.45, 2.75) is 46.0 Å². The summed E-state index contributed by atoms with van der Waals surface area (Å²) in [4.78, 5) is 0. The summed E-state index contributed by atoms with van der Waals surface area (Å²) in [6.45, 7) is 4.49. The third kappa shape index (κ3) is 34.8. The molecule has 4 heteroatoms. The molecule has 0 fully saturated rings. The molecule has 11 heavy (non-hydrogen) atoms. The predicted molar refractivity (Wildman–Crippen MR) is 67.3 cm³/mol. The van der Waals surface area contributed by atoms with Gasteiger partial charge in [0.2, 0.25) is 0 Å². The highest BCUT2D eigenvalue weighted by Crippen LogP contribution is 2.00. The Labute approximate surface area is 93.1 Å². The van der Waals surface area contributed by atoms with Crippen molar-refractivity contribution in [3.63, 3.8) is 0 Å². The molecule has 0 aromatic carbocycles. The molecule has 76 valence electrons. The minimum absolute atomic E-state index is 0. The Hall–Kier alpha value is 1.30. The van der Waals surface area contributed by atoms with E-state index in [1.165, 1.54) is 32.1 Å². The lowest BCUT2D eigenvalue weighted by Crippen LogP contribution is -1.70. The van der Waals surface area contributed by atoms with Gasteiger partial charge in [0, 0.05) is 0 Å². The molecule has 0 aliphatic rings. The minimum atomic E-state index is 0. The van der Waals surface area contributed by atoms with Gasteiger partial charge in [-0.2, -0.15) is 9.90 Å². The summed E-state index contributed by atoms with van der Waals surface area (Å²) >= 11 is 0. The van der Waals surface area contributed by atoms with Crippen LogP contribution >= 0.6 is 47.1 Å². The Morgan fingerprint density at radius 2 is 0.909 bits per heavy atom. The van der Waals surface area contributed by atoms with Gasteiger partial charge in [0.1, 0.15) is 0 Å². The van der Waals surface area contributed by atoms with Gasteiger partial charge in [0.05, 0.1) is 0 Å². The summed E-state index contributed by atoms with van der Waals surface area (Å²) in [6.07, 6.45) is 7.01. The second-order valence-electron chi connectivity index (χ2n) is 2.06. The third-order valence-electron chi connectivity index (χ3n) is 1.21. The molecule has 0 aliphatic heterocycles. The summed E-state index contributed by atoms with van der Waals surface area (Å²) in [6, 6.07) is 0. The van der Waals surface area contributed by atoms with E-state index in [1.54, 1.807) is 0 Å². The van der Waals surface area contributed by atoms with E-state index < -0.39 is 0 Å². The molecular weight excluding hydrogens is 221 g/mol. The summed E-state index contributed by atoms with van der Waals surface area (Å²) in [5, 5.41) is 0. The van der Waals surface area contributed by atoms with E-state index in [2.05, 4.69) is 13.8 Å². The first-order chi connectivity index (χ1) is 3.41. The number of rotatable bonds is 4. The van der Waals surface area contributed by atoms with Gasteiger partial charge in [-0.15, -0.1) is 37.2 Å². The Kier molecular flexibility index (Phi) is 80.9. The van der Waals surface area contributed by atoms with Crippen molar-refractivity contribution in [2.24, 2.45) is 0 Å². The van der Waals surface area contributed by atoms with Gasteiger partial charge in [-0.25, -0.2) is 0 Å². The van der Waals surface area contributed by atoms with Crippen molar-refractivity contribution < 1.29 is 0 Å². The highest BCUT2D eigenvalue weighted by molar-refractivity contribution is 6.92. The second kappa shape index (κ2) is 30.2. The van der Waals surface area contributed by atoms with Crippen LogP contribution in [0.5, 0.6) is 0 Å². The molecule has 0 aromatic rings. The molecule has 0 nitrogen and oxygen atoms in total. The maximum absolute atomic E-state index is 2.25. The SMILES string of the molecule is CCCCCCC.Cl.Cl.Cl.P. The van der Waals surface area contributed by atoms with Crippen molar-refractivity contribution >= 4 is 47.1 Å². The summed E-state index contributed by atoms with van der Waals surface area (Å²) in [7, 11) is 0. The Bertz CT molecular complexity index is 32.9. The lowest BCUT2D eigenvalue weighted by Gasteiger charge is -1.90. The number of hydrogen-bond donors (Lipinski definition) is 0. The predicted octanol–water partition coefficient (Wildman–Crippen LogP) is 4.30. The number of halogens is 3. The smallest absolute Gasteiger partial charge is 0.0533 e. The van der Waals surface area contributed by atoms with Crippen LogP contribution in [0, 0.1) is 0 Å². The third-order valence-corrected chi connectivity index (χ3v) is 1.21. The lowest BCUT2D eigenvalue weighted by molar-refractivity contribution is 0.656. The highest BCUT2D eigenvalue weighted by atomic mass is 35.5. The van der Waals surface area contributed by atoms with Crippen LogP contribution in [-0.2, 0) is 0 Å². The largest absolute Gasteiger partial charge is 0.153 e. The average Bonchev–Trinajstić information content (AvgIpc) is 1.69. The van der Waals surface area contributed by atoms with Gasteiger partial charge in [-0.1, -0.05) is 46.0 Å². The van der Waals surface area contributed by atoms with Gasteiger partial charge in [0.25, 0.3) is 0 Å². The molecule has 0 rings (SSSR count). The summed E-state index contributed by atoms with van der Waals surface area (Å²) in [5.41, 5.74) is 0. The second-order valence-corrected chi connectivity index (χ2v) is 2.06. The van der Waals surface area contributed by atoms with Gasteiger partial charge >= 0.3 is 0 Å². The Morgan fingerprint density at radius 1 is 0.636 bits per heavy atom. The highest BCUT2D eigenvalue weighted by Gasteiger charge is 1.80. The van der Waals surface area contributed by atoms with E-state index in [-0.39, 0.29) is 47.1 Å². The molecule has 0 saturated heterocycles. The Balaban J connectivity index is -0.0000000300. The summed E-state index contributed by atoms with van der Waals surface area (Å²) in [5.74, 6) is 0. The van der Waals surface area contributed by atoms with E-state index in [4.69, 9.17) is 0 Å². The van der Waals surface area contributed by atoms with Crippen LogP contribution in [0.3, 0.4) is 0 Å². The quantitative estimate of drug-likeness (QED) is 0.510. The fourth-order valence-corrected chi connectivity index (χ4v) is 0.677. The molecule has 0 bridgehead atoms. The summed E-state index contributed by atoms with van der Waals surface area (Å²) < 4.78 is 0. The van der Waals surface area contributed by atoms with Gasteiger partial charge < -0.3 is 0 Å². The zero-order valence-electron chi connectivity index (χ0n) is 7.47. The van der Waals surface area contributed by atoms with Gasteiger partial charge in [-0.05, 0) is 0 Å². The molecule has 0 amide bonds. The molecule has 1 unspecified atom stereocenters. The monoisotopic (exact) mass is 242 g/mol. The molecule has 0 heterocycles. The zero-order valence-corrected chi connectivity index (χ0v) is 11.3. The van der Waals surface area contributed by atoms with Crippen molar-refractivity contribution in [2.75, 3.05) is 0 Å². The molecule has 0 aliphatic carbocycles. The van der Waals surface area contributed by atoms with Crippen LogP contribution < -0.4 is 0 Å². The first-order valence-electron chi connectivity index (χ1n) is 3.41. The maximum atomic E-state index is 2.25. The van der Waals surface area contributed by atoms with E-state index in [0.717, 1.165) is 0 Å². The molecule has 1 atom stereocenters. The average molecular weight is 244 g/mol. The number of hydrogen-bond acceptors (Lipinski definition) is 0. The van der Waals surface area contributed by atoms with E-state index >= 15 is 0 Å². The molecule has 0 radical (unpaired) electrons. The minimum Gasteiger partial charge on any atom is -0.153 e. The molecular formula is C7H22Cl3P. The van der Waals surface area contributed by atoms with E-state index in [1.807, 2.05) is 0 Å². The van der Waals surface area contributed by atoms with Crippen LogP contribution in [0.1, 0.15) is 46.0 Å². The maximum Gasteiger partial charge on any atom is -0.0533 e. The topological polar surface area (TPSA) is 0 Å². The molecule has 0 spiro atoms. The van der Waals surface area contributed by atoms with Crippen molar-refractivity contribution in [3.8, 4) is 0 Å². The normalized spacial score (nSPS) is 6.00. The lowest BCUT2D eigenvalue weighted by atomic mass is 10.2. The van der Waals surface area contributed by atoms with Gasteiger partial charge in [0.15, 0.2) is 0 Å². The van der Waals surface area contributed by atoms with E-state index in [0.29, 0.717) is 0 Å². The van der Waals surface area contributed by atoms with Gasteiger partial charge in [-0.3, -0.25) is 0 Å². The van der Waals surface area contributed by atoms with Crippen LogP contribution in [0.25, 0.3) is 0 Å². The van der Waals surface area contributed by atoms with E-state index in [9.17, 15) is 0 Å². The van der Waals surface area contributed by atoms with Crippen LogP contribution in [-0.4, -0.2) is 0 Å². The van der Waals surface area contributed by atoms with Crippen LogP contribution in [0.4, 0.5) is 0 Å². The van der Waals surface area contributed by atoms with Crippen molar-refractivity contribution in [1.29, 1.82) is 0 Å². The van der Waals surface area contributed by atoms with Crippen LogP contribution in [0.15, 0.2) is 0 Å². The van der Waals surface area contributed by atoms with Crippen LogP contribution in [0.2, 0.25) is 0 Å². The fourth-order valence-electron chi connectivity index (χ4n) is 0.677. The first kappa shape index (κ1) is 29.5. The number of unbranched alkanes of at least 4 members (excludes halogenated alkanes) is 4. The molecule has 0 aromatic heterocycles. The Morgan fingerprint density at radius 3 is 1.09 bits per heavy atom.